The zero-order valence-electron chi connectivity index (χ0n) is 11.3. The van der Waals surface area contributed by atoms with E-state index in [-0.39, 0.29) is 10.6 Å². The molecular weight excluding hydrogens is 296 g/mol. The van der Waals surface area contributed by atoms with Gasteiger partial charge in [0, 0.05) is 22.9 Å². The largest absolute Gasteiger partial charge is 0.273 e. The van der Waals surface area contributed by atoms with Crippen LogP contribution in [0.4, 0.5) is 5.69 Å². The second-order valence-corrected chi connectivity index (χ2v) is 6.20. The number of para-hydroxylation sites is 1. The number of thiazole rings is 1. The van der Waals surface area contributed by atoms with Gasteiger partial charge in [-0.15, -0.1) is 22.9 Å². The van der Waals surface area contributed by atoms with Gasteiger partial charge in [-0.25, -0.2) is 4.98 Å². The molecule has 0 atom stereocenters. The monoisotopic (exact) mass is 310 g/mol. The summed E-state index contributed by atoms with van der Waals surface area (Å²) in [5, 5.41) is 11.9. The second kappa shape index (κ2) is 6.33. The molecule has 0 spiro atoms. The summed E-state index contributed by atoms with van der Waals surface area (Å²) in [5.41, 5.74) is 1.82. The molecule has 20 heavy (non-hydrogen) atoms. The molecular formula is C14H15ClN2O2S. The lowest BCUT2D eigenvalue weighted by Crippen LogP contribution is -1.97. The molecule has 0 fully saturated rings. The zero-order valence-corrected chi connectivity index (χ0v) is 12.9. The molecule has 0 unspecified atom stereocenters. The Morgan fingerprint density at radius 1 is 1.40 bits per heavy atom. The predicted molar refractivity (Wildman–Crippen MR) is 81.7 cm³/mol. The Labute approximate surface area is 126 Å². The standard InChI is InChI=1S/C14H15ClN2O2S/c1-9(2)14-12(8-15)20-13(16-14)7-10-5-3-4-6-11(10)17(18)19/h3-6,9H,7-8H2,1-2H3. The summed E-state index contributed by atoms with van der Waals surface area (Å²) >= 11 is 7.47. The van der Waals surface area contributed by atoms with Gasteiger partial charge in [-0.2, -0.15) is 0 Å². The molecule has 0 saturated heterocycles. The van der Waals surface area contributed by atoms with Gasteiger partial charge >= 0.3 is 0 Å². The van der Waals surface area contributed by atoms with Gasteiger partial charge in [0.25, 0.3) is 5.69 Å². The van der Waals surface area contributed by atoms with Crippen molar-refractivity contribution in [2.75, 3.05) is 0 Å². The number of nitro benzene ring substituents is 1. The number of aromatic nitrogens is 1. The van der Waals surface area contributed by atoms with E-state index in [0.29, 0.717) is 23.8 Å². The molecule has 2 rings (SSSR count). The molecule has 0 aliphatic rings. The van der Waals surface area contributed by atoms with Crippen LogP contribution in [-0.2, 0) is 12.3 Å². The lowest BCUT2D eigenvalue weighted by Gasteiger charge is -2.01. The fourth-order valence-corrected chi connectivity index (χ4v) is 3.43. The number of benzene rings is 1. The average molecular weight is 311 g/mol. The molecule has 106 valence electrons. The van der Waals surface area contributed by atoms with Crippen LogP contribution in [0.1, 0.15) is 40.9 Å². The summed E-state index contributed by atoms with van der Waals surface area (Å²) in [6, 6.07) is 6.78. The van der Waals surface area contributed by atoms with Crippen molar-refractivity contribution in [1.29, 1.82) is 0 Å². The summed E-state index contributed by atoms with van der Waals surface area (Å²) in [6.07, 6.45) is 0.471. The van der Waals surface area contributed by atoms with E-state index in [1.54, 1.807) is 12.1 Å². The fraction of sp³-hybridized carbons (Fsp3) is 0.357. The Balaban J connectivity index is 2.33. The maximum Gasteiger partial charge on any atom is 0.273 e. The summed E-state index contributed by atoms with van der Waals surface area (Å²) in [6.45, 7) is 4.14. The van der Waals surface area contributed by atoms with Crippen LogP contribution in [0.2, 0.25) is 0 Å². The first kappa shape index (κ1) is 14.9. The third kappa shape index (κ3) is 3.16. The van der Waals surface area contributed by atoms with Crippen molar-refractivity contribution in [2.24, 2.45) is 0 Å². The molecule has 0 bridgehead atoms. The topological polar surface area (TPSA) is 56.0 Å². The molecule has 0 aliphatic carbocycles. The predicted octanol–water partition coefficient (Wildman–Crippen LogP) is 4.50. The van der Waals surface area contributed by atoms with Crippen molar-refractivity contribution in [3.63, 3.8) is 0 Å². The molecule has 0 aliphatic heterocycles. The number of halogens is 1. The van der Waals surface area contributed by atoms with Crippen molar-refractivity contribution in [2.45, 2.75) is 32.1 Å². The number of alkyl halides is 1. The van der Waals surface area contributed by atoms with Gasteiger partial charge in [0.2, 0.25) is 0 Å². The van der Waals surface area contributed by atoms with Gasteiger partial charge in [-0.05, 0) is 5.92 Å². The number of hydrogen-bond acceptors (Lipinski definition) is 4. The normalized spacial score (nSPS) is 11.0. The van der Waals surface area contributed by atoms with Gasteiger partial charge in [0.1, 0.15) is 0 Å². The molecule has 0 saturated carbocycles. The third-order valence-corrected chi connectivity index (χ3v) is 4.47. The van der Waals surface area contributed by atoms with E-state index in [2.05, 4.69) is 18.8 Å². The van der Waals surface area contributed by atoms with Gasteiger partial charge in [-0.3, -0.25) is 10.1 Å². The number of rotatable bonds is 5. The maximum absolute atomic E-state index is 11.0. The maximum atomic E-state index is 11.0. The summed E-state index contributed by atoms with van der Waals surface area (Å²) < 4.78 is 0. The highest BCUT2D eigenvalue weighted by molar-refractivity contribution is 7.12. The van der Waals surface area contributed by atoms with E-state index in [1.165, 1.54) is 17.4 Å². The Hall–Kier alpha value is -1.46. The third-order valence-electron chi connectivity index (χ3n) is 2.97. The number of hydrogen-bond donors (Lipinski definition) is 0. The highest BCUT2D eigenvalue weighted by Gasteiger charge is 2.17. The Morgan fingerprint density at radius 2 is 2.10 bits per heavy atom. The van der Waals surface area contributed by atoms with E-state index in [0.717, 1.165) is 15.6 Å². The smallest absolute Gasteiger partial charge is 0.258 e. The first-order valence-corrected chi connectivity index (χ1v) is 7.64. The highest BCUT2D eigenvalue weighted by atomic mass is 35.5. The first-order chi connectivity index (χ1) is 9.52. The summed E-state index contributed by atoms with van der Waals surface area (Å²) in [7, 11) is 0. The van der Waals surface area contributed by atoms with E-state index in [9.17, 15) is 10.1 Å². The highest BCUT2D eigenvalue weighted by Crippen LogP contribution is 2.29. The average Bonchev–Trinajstić information content (AvgIpc) is 2.82. The van der Waals surface area contributed by atoms with E-state index in [1.807, 2.05) is 6.07 Å². The van der Waals surface area contributed by atoms with Crippen molar-refractivity contribution in [3.8, 4) is 0 Å². The fourth-order valence-electron chi connectivity index (χ4n) is 2.04. The summed E-state index contributed by atoms with van der Waals surface area (Å²) in [4.78, 5) is 16.3. The van der Waals surface area contributed by atoms with Gasteiger partial charge in [0.05, 0.1) is 21.5 Å². The van der Waals surface area contributed by atoms with Crippen molar-refractivity contribution in [1.82, 2.24) is 4.98 Å². The Kier molecular flexibility index (Phi) is 4.73. The lowest BCUT2D eigenvalue weighted by atomic mass is 10.1. The lowest BCUT2D eigenvalue weighted by molar-refractivity contribution is -0.385. The minimum Gasteiger partial charge on any atom is -0.258 e. The Morgan fingerprint density at radius 3 is 2.65 bits per heavy atom. The van der Waals surface area contributed by atoms with Crippen LogP contribution < -0.4 is 0 Å². The van der Waals surface area contributed by atoms with Gasteiger partial charge in [0.15, 0.2) is 0 Å². The molecule has 1 heterocycles. The number of nitrogens with zero attached hydrogens (tertiary/aromatic N) is 2. The van der Waals surface area contributed by atoms with Crippen LogP contribution in [0.5, 0.6) is 0 Å². The first-order valence-electron chi connectivity index (χ1n) is 6.29. The van der Waals surface area contributed by atoms with Crippen LogP contribution in [0.25, 0.3) is 0 Å². The minimum absolute atomic E-state index is 0.140. The molecule has 1 aromatic carbocycles. The molecule has 2 aromatic rings. The van der Waals surface area contributed by atoms with Crippen LogP contribution >= 0.6 is 22.9 Å². The molecule has 1 aromatic heterocycles. The van der Waals surface area contributed by atoms with E-state index < -0.39 is 0 Å². The summed E-state index contributed by atoms with van der Waals surface area (Å²) in [5.74, 6) is 0.738. The molecule has 0 amide bonds. The van der Waals surface area contributed by atoms with Crippen molar-refractivity contribution < 1.29 is 4.92 Å². The molecule has 6 heteroatoms. The van der Waals surface area contributed by atoms with Gasteiger partial charge < -0.3 is 0 Å². The van der Waals surface area contributed by atoms with E-state index in [4.69, 9.17) is 11.6 Å². The van der Waals surface area contributed by atoms with Crippen LogP contribution in [0, 0.1) is 10.1 Å². The van der Waals surface area contributed by atoms with Gasteiger partial charge in [-0.1, -0.05) is 32.0 Å². The number of nitro groups is 1. The second-order valence-electron chi connectivity index (χ2n) is 4.77. The van der Waals surface area contributed by atoms with E-state index >= 15 is 0 Å². The zero-order chi connectivity index (χ0) is 14.7. The molecule has 0 radical (unpaired) electrons. The van der Waals surface area contributed by atoms with Crippen molar-refractivity contribution >= 4 is 28.6 Å². The Bertz CT molecular complexity index is 625. The quantitative estimate of drug-likeness (QED) is 0.464. The molecule has 0 N–H and O–H groups in total. The van der Waals surface area contributed by atoms with Crippen LogP contribution in [-0.4, -0.2) is 9.91 Å². The minimum atomic E-state index is -0.352. The molecule has 4 nitrogen and oxygen atoms in total. The van der Waals surface area contributed by atoms with Crippen LogP contribution in [0.3, 0.4) is 0 Å². The van der Waals surface area contributed by atoms with Crippen molar-refractivity contribution in [3.05, 3.63) is 55.5 Å². The SMILES string of the molecule is CC(C)c1nc(Cc2ccccc2[N+](=O)[O-])sc1CCl. The van der Waals surface area contributed by atoms with Crippen LogP contribution in [0.15, 0.2) is 24.3 Å².